The molecule has 0 atom stereocenters. The van der Waals surface area contributed by atoms with Crippen LogP contribution in [0.5, 0.6) is 0 Å². The van der Waals surface area contributed by atoms with Crippen molar-refractivity contribution in [1.29, 1.82) is 0 Å². The maximum atomic E-state index is 5.45. The third-order valence-electron chi connectivity index (χ3n) is 0.980. The standard InChI is InChI=1S/C8H14N2/c1-4-8(9)6-7(3)10-5-2/h4,6,10H,1,3,5,9H2,2H3/b8-6+. The summed E-state index contributed by atoms with van der Waals surface area (Å²) in [7, 11) is 0. The maximum Gasteiger partial charge on any atom is 0.0328 e. The Morgan fingerprint density at radius 1 is 1.70 bits per heavy atom. The molecule has 0 aliphatic carbocycles. The van der Waals surface area contributed by atoms with Gasteiger partial charge in [-0.1, -0.05) is 13.2 Å². The van der Waals surface area contributed by atoms with Crippen LogP contribution in [-0.2, 0) is 0 Å². The minimum atomic E-state index is 0.631. The fourth-order valence-electron chi connectivity index (χ4n) is 0.538. The predicted octanol–water partition coefficient (Wildman–Crippen LogP) is 1.14. The molecule has 0 saturated carbocycles. The highest BCUT2D eigenvalue weighted by molar-refractivity contribution is 5.23. The zero-order valence-corrected chi connectivity index (χ0v) is 6.35. The summed E-state index contributed by atoms with van der Waals surface area (Å²) in [4.78, 5) is 0. The van der Waals surface area contributed by atoms with Gasteiger partial charge in [-0.3, -0.25) is 0 Å². The van der Waals surface area contributed by atoms with E-state index in [1.165, 1.54) is 0 Å². The van der Waals surface area contributed by atoms with Crippen LogP contribution >= 0.6 is 0 Å². The monoisotopic (exact) mass is 138 g/mol. The van der Waals surface area contributed by atoms with Gasteiger partial charge in [0.1, 0.15) is 0 Å². The van der Waals surface area contributed by atoms with E-state index in [0.717, 1.165) is 12.2 Å². The molecule has 0 radical (unpaired) electrons. The van der Waals surface area contributed by atoms with Gasteiger partial charge in [0.25, 0.3) is 0 Å². The Bertz CT molecular complexity index is 157. The third-order valence-corrected chi connectivity index (χ3v) is 0.980. The van der Waals surface area contributed by atoms with E-state index in [-0.39, 0.29) is 0 Å². The van der Waals surface area contributed by atoms with Gasteiger partial charge in [-0.25, -0.2) is 0 Å². The molecule has 0 aromatic rings. The molecule has 2 heteroatoms. The Morgan fingerprint density at radius 2 is 2.30 bits per heavy atom. The Balaban J connectivity index is 3.86. The van der Waals surface area contributed by atoms with Gasteiger partial charge in [-0.2, -0.15) is 0 Å². The molecule has 0 aromatic carbocycles. The van der Waals surface area contributed by atoms with E-state index >= 15 is 0 Å². The van der Waals surface area contributed by atoms with Gasteiger partial charge in [0, 0.05) is 17.9 Å². The van der Waals surface area contributed by atoms with Crippen molar-refractivity contribution in [2.24, 2.45) is 5.73 Å². The van der Waals surface area contributed by atoms with Crippen LogP contribution in [0.4, 0.5) is 0 Å². The molecule has 0 amide bonds. The van der Waals surface area contributed by atoms with Crippen molar-refractivity contribution in [2.75, 3.05) is 6.54 Å². The first kappa shape index (κ1) is 8.82. The van der Waals surface area contributed by atoms with E-state index < -0.39 is 0 Å². The van der Waals surface area contributed by atoms with Crippen LogP contribution in [0.25, 0.3) is 0 Å². The molecule has 0 fully saturated rings. The molecule has 0 aromatic heterocycles. The Hall–Kier alpha value is -1.18. The fraction of sp³-hybridized carbons (Fsp3) is 0.250. The molecule has 0 bridgehead atoms. The van der Waals surface area contributed by atoms with E-state index in [1.54, 1.807) is 12.2 Å². The smallest absolute Gasteiger partial charge is 0.0328 e. The minimum Gasteiger partial charge on any atom is -0.399 e. The molecular weight excluding hydrogens is 124 g/mol. The molecule has 56 valence electrons. The van der Waals surface area contributed by atoms with Crippen molar-refractivity contribution in [3.8, 4) is 0 Å². The van der Waals surface area contributed by atoms with E-state index in [9.17, 15) is 0 Å². The summed E-state index contributed by atoms with van der Waals surface area (Å²) in [5.41, 5.74) is 6.90. The highest BCUT2D eigenvalue weighted by atomic mass is 14.9. The van der Waals surface area contributed by atoms with Crippen molar-refractivity contribution in [1.82, 2.24) is 5.32 Å². The van der Waals surface area contributed by atoms with Crippen LogP contribution in [0.2, 0.25) is 0 Å². The molecule has 2 nitrogen and oxygen atoms in total. The second-order valence-electron chi connectivity index (χ2n) is 1.90. The summed E-state index contributed by atoms with van der Waals surface area (Å²) in [6.45, 7) is 10.1. The zero-order chi connectivity index (χ0) is 7.98. The lowest BCUT2D eigenvalue weighted by Gasteiger charge is -2.00. The number of nitrogens with two attached hydrogens (primary N) is 1. The summed E-state index contributed by atoms with van der Waals surface area (Å²) in [6.07, 6.45) is 3.33. The average Bonchev–Trinajstić information content (AvgIpc) is 1.88. The SMILES string of the molecule is C=C/C(N)=C\C(=C)NCC. The van der Waals surface area contributed by atoms with E-state index in [4.69, 9.17) is 5.73 Å². The van der Waals surface area contributed by atoms with Crippen molar-refractivity contribution in [3.63, 3.8) is 0 Å². The normalized spacial score (nSPS) is 10.7. The number of hydrogen-bond donors (Lipinski definition) is 2. The third kappa shape index (κ3) is 3.78. The number of likely N-dealkylation sites (N-methyl/N-ethyl adjacent to an activating group) is 1. The van der Waals surface area contributed by atoms with Crippen LogP contribution < -0.4 is 11.1 Å². The van der Waals surface area contributed by atoms with Crippen LogP contribution in [0.15, 0.2) is 36.7 Å². The van der Waals surface area contributed by atoms with Gasteiger partial charge < -0.3 is 11.1 Å². The van der Waals surface area contributed by atoms with Crippen LogP contribution in [0.1, 0.15) is 6.92 Å². The van der Waals surface area contributed by atoms with E-state index in [0.29, 0.717) is 5.70 Å². The first-order chi connectivity index (χ1) is 4.70. The van der Waals surface area contributed by atoms with Gasteiger partial charge >= 0.3 is 0 Å². The minimum absolute atomic E-state index is 0.631. The Morgan fingerprint density at radius 3 is 2.70 bits per heavy atom. The van der Waals surface area contributed by atoms with Gasteiger partial charge in [-0.05, 0) is 19.1 Å². The first-order valence-electron chi connectivity index (χ1n) is 3.23. The zero-order valence-electron chi connectivity index (χ0n) is 6.35. The highest BCUT2D eigenvalue weighted by Crippen LogP contribution is 1.91. The van der Waals surface area contributed by atoms with E-state index in [1.807, 2.05) is 6.92 Å². The largest absolute Gasteiger partial charge is 0.399 e. The maximum absolute atomic E-state index is 5.45. The average molecular weight is 138 g/mol. The molecule has 0 heterocycles. The number of allylic oxidation sites excluding steroid dienone is 2. The second-order valence-corrected chi connectivity index (χ2v) is 1.90. The molecule has 10 heavy (non-hydrogen) atoms. The predicted molar refractivity (Wildman–Crippen MR) is 45.3 cm³/mol. The van der Waals surface area contributed by atoms with Crippen molar-refractivity contribution in [2.45, 2.75) is 6.92 Å². The molecule has 0 aliphatic heterocycles. The lowest BCUT2D eigenvalue weighted by Crippen LogP contribution is -2.10. The van der Waals surface area contributed by atoms with Crippen molar-refractivity contribution in [3.05, 3.63) is 36.7 Å². The second kappa shape index (κ2) is 4.68. The fourth-order valence-corrected chi connectivity index (χ4v) is 0.538. The summed E-state index contributed by atoms with van der Waals surface area (Å²) in [5, 5.41) is 3.01. The van der Waals surface area contributed by atoms with Gasteiger partial charge in [-0.15, -0.1) is 0 Å². The van der Waals surface area contributed by atoms with Gasteiger partial charge in [0.15, 0.2) is 0 Å². The van der Waals surface area contributed by atoms with Crippen LogP contribution in [-0.4, -0.2) is 6.54 Å². The summed E-state index contributed by atoms with van der Waals surface area (Å²) < 4.78 is 0. The lowest BCUT2D eigenvalue weighted by molar-refractivity contribution is 0.881. The quantitative estimate of drug-likeness (QED) is 0.572. The lowest BCUT2D eigenvalue weighted by atomic mass is 10.3. The summed E-state index contributed by atoms with van der Waals surface area (Å²) in [6, 6.07) is 0. The molecule has 0 unspecified atom stereocenters. The molecule has 0 saturated heterocycles. The molecule has 0 aliphatic rings. The number of nitrogens with one attached hydrogen (secondary N) is 1. The Kier molecular flexibility index (Phi) is 4.12. The molecule has 0 rings (SSSR count). The Labute approximate surface area is 62.1 Å². The molecule has 0 spiro atoms. The van der Waals surface area contributed by atoms with Crippen LogP contribution in [0.3, 0.4) is 0 Å². The van der Waals surface area contributed by atoms with Gasteiger partial charge in [0.2, 0.25) is 0 Å². The topological polar surface area (TPSA) is 38.0 Å². The first-order valence-corrected chi connectivity index (χ1v) is 3.23. The molecule has 3 N–H and O–H groups in total. The highest BCUT2D eigenvalue weighted by Gasteiger charge is 1.84. The summed E-state index contributed by atoms with van der Waals surface area (Å²) >= 11 is 0. The van der Waals surface area contributed by atoms with E-state index in [2.05, 4.69) is 18.5 Å². The van der Waals surface area contributed by atoms with Crippen LogP contribution in [0, 0.1) is 0 Å². The number of rotatable bonds is 4. The van der Waals surface area contributed by atoms with Crippen molar-refractivity contribution < 1.29 is 0 Å². The number of hydrogen-bond acceptors (Lipinski definition) is 2. The van der Waals surface area contributed by atoms with Gasteiger partial charge in [0.05, 0.1) is 0 Å². The van der Waals surface area contributed by atoms with Crippen molar-refractivity contribution >= 4 is 0 Å². The summed E-state index contributed by atoms with van der Waals surface area (Å²) in [5.74, 6) is 0. The molecular formula is C8H14N2.